The highest BCUT2D eigenvalue weighted by Crippen LogP contribution is 2.34. The molecule has 0 atom stereocenters. The molecule has 0 amide bonds. The molecule has 0 aliphatic rings. The zero-order chi connectivity index (χ0) is 11.4. The van der Waals surface area contributed by atoms with Crippen molar-refractivity contribution >= 4 is 7.60 Å². The first-order valence-electron chi connectivity index (χ1n) is 5.04. The Kier molecular flexibility index (Phi) is 5.91. The lowest BCUT2D eigenvalue weighted by Crippen LogP contribution is -2.37. The van der Waals surface area contributed by atoms with Crippen LogP contribution in [-0.2, 0) is 4.57 Å². The monoisotopic (exact) mass is 223 g/mol. The fraction of sp³-hybridized carbons (Fsp3) is 1.00. The molecule has 0 fully saturated rings. The largest absolute Gasteiger partial charge is 0.325 e. The van der Waals surface area contributed by atoms with Crippen molar-refractivity contribution < 1.29 is 14.4 Å². The van der Waals surface area contributed by atoms with E-state index in [9.17, 15) is 4.57 Å². The van der Waals surface area contributed by atoms with Gasteiger partial charge in [-0.25, -0.2) is 0 Å². The molecule has 0 aliphatic heterocycles. The van der Waals surface area contributed by atoms with Crippen molar-refractivity contribution in [1.29, 1.82) is 0 Å². The Hall–Kier alpha value is 0.110. The van der Waals surface area contributed by atoms with E-state index >= 15 is 0 Å². The van der Waals surface area contributed by atoms with Gasteiger partial charge in [0.05, 0.1) is 6.16 Å². The Morgan fingerprint density at radius 1 is 1.14 bits per heavy atom. The van der Waals surface area contributed by atoms with Crippen molar-refractivity contribution in [3.63, 3.8) is 0 Å². The molecule has 0 aromatic carbocycles. The summed E-state index contributed by atoms with van der Waals surface area (Å²) in [4.78, 5) is 19.6. The van der Waals surface area contributed by atoms with Crippen molar-refractivity contribution in [2.45, 2.75) is 46.2 Å². The summed E-state index contributed by atoms with van der Waals surface area (Å²) in [5.74, 6) is 0. The fourth-order valence-electron chi connectivity index (χ4n) is 1.57. The SMILES string of the molecule is CC(C)N(CCCP(=O)(O)O)C(C)C. The molecule has 4 nitrogen and oxygen atoms in total. The van der Waals surface area contributed by atoms with Crippen LogP contribution < -0.4 is 0 Å². The summed E-state index contributed by atoms with van der Waals surface area (Å²) in [5, 5.41) is 0. The molecule has 0 radical (unpaired) electrons. The summed E-state index contributed by atoms with van der Waals surface area (Å²) in [6.07, 6.45) is 0.545. The second-order valence-electron chi connectivity index (χ2n) is 4.17. The smallest absolute Gasteiger partial charge is 0.324 e. The van der Waals surface area contributed by atoms with Crippen molar-refractivity contribution in [3.8, 4) is 0 Å². The van der Waals surface area contributed by atoms with E-state index in [4.69, 9.17) is 9.79 Å². The van der Waals surface area contributed by atoms with Gasteiger partial charge in [0.25, 0.3) is 0 Å². The average molecular weight is 223 g/mol. The van der Waals surface area contributed by atoms with E-state index in [1.807, 2.05) is 0 Å². The summed E-state index contributed by atoms with van der Waals surface area (Å²) in [6.45, 7) is 9.13. The van der Waals surface area contributed by atoms with Crippen LogP contribution in [0.1, 0.15) is 34.1 Å². The maximum absolute atomic E-state index is 10.6. The van der Waals surface area contributed by atoms with Crippen molar-refractivity contribution in [3.05, 3.63) is 0 Å². The molecule has 86 valence electrons. The molecule has 0 saturated carbocycles. The van der Waals surface area contributed by atoms with Crippen LogP contribution in [0.5, 0.6) is 0 Å². The van der Waals surface area contributed by atoms with E-state index in [-0.39, 0.29) is 6.16 Å². The molecule has 0 unspecified atom stereocenters. The second-order valence-corrected chi connectivity index (χ2v) is 5.94. The summed E-state index contributed by atoms with van der Waals surface area (Å²) < 4.78 is 10.6. The maximum Gasteiger partial charge on any atom is 0.325 e. The van der Waals surface area contributed by atoms with Crippen molar-refractivity contribution in [2.75, 3.05) is 12.7 Å². The van der Waals surface area contributed by atoms with Crippen LogP contribution in [0, 0.1) is 0 Å². The van der Waals surface area contributed by atoms with Crippen LogP contribution in [-0.4, -0.2) is 39.5 Å². The minimum absolute atomic E-state index is 0.0110. The van der Waals surface area contributed by atoms with Gasteiger partial charge in [-0.1, -0.05) is 0 Å². The molecule has 0 aromatic heterocycles. The van der Waals surface area contributed by atoms with Gasteiger partial charge in [0.1, 0.15) is 0 Å². The lowest BCUT2D eigenvalue weighted by Gasteiger charge is -2.30. The molecule has 5 heteroatoms. The zero-order valence-corrected chi connectivity index (χ0v) is 10.4. The Bertz CT molecular complexity index is 192. The van der Waals surface area contributed by atoms with Crippen LogP contribution in [0.4, 0.5) is 0 Å². The minimum Gasteiger partial charge on any atom is -0.324 e. The first kappa shape index (κ1) is 14.1. The average Bonchev–Trinajstić information content (AvgIpc) is 1.94. The molecular formula is C9H22NO3P. The quantitative estimate of drug-likeness (QED) is 0.672. The van der Waals surface area contributed by atoms with Crippen molar-refractivity contribution in [2.24, 2.45) is 0 Å². The summed E-state index contributed by atoms with van der Waals surface area (Å²) >= 11 is 0. The van der Waals surface area contributed by atoms with E-state index in [1.165, 1.54) is 0 Å². The minimum atomic E-state index is -3.81. The fourth-order valence-corrected chi connectivity index (χ4v) is 2.13. The zero-order valence-electron chi connectivity index (χ0n) is 9.47. The molecule has 0 bridgehead atoms. The van der Waals surface area contributed by atoms with Gasteiger partial charge in [-0.05, 0) is 40.7 Å². The molecule has 0 spiro atoms. The predicted octanol–water partition coefficient (Wildman–Crippen LogP) is 1.67. The first-order chi connectivity index (χ1) is 6.24. The van der Waals surface area contributed by atoms with Crippen molar-refractivity contribution in [1.82, 2.24) is 4.90 Å². The predicted molar refractivity (Wildman–Crippen MR) is 58.5 cm³/mol. The van der Waals surface area contributed by atoms with Gasteiger partial charge >= 0.3 is 7.60 Å². The number of rotatable bonds is 6. The highest BCUT2D eigenvalue weighted by molar-refractivity contribution is 7.51. The normalized spacial score (nSPS) is 13.2. The molecule has 0 rings (SSSR count). The molecule has 2 N–H and O–H groups in total. The Morgan fingerprint density at radius 3 is 1.86 bits per heavy atom. The van der Waals surface area contributed by atoms with Gasteiger partial charge in [0.15, 0.2) is 0 Å². The highest BCUT2D eigenvalue weighted by atomic mass is 31.2. The molecule has 0 aliphatic carbocycles. The number of hydrogen-bond donors (Lipinski definition) is 2. The molecule has 0 aromatic rings. The van der Waals surface area contributed by atoms with Crippen LogP contribution >= 0.6 is 7.60 Å². The number of hydrogen-bond acceptors (Lipinski definition) is 2. The Balaban J connectivity index is 3.90. The topological polar surface area (TPSA) is 60.8 Å². The van der Waals surface area contributed by atoms with Gasteiger partial charge in [-0.3, -0.25) is 9.46 Å². The number of nitrogens with zero attached hydrogens (tertiary/aromatic N) is 1. The summed E-state index contributed by atoms with van der Waals surface area (Å²) in [6, 6.07) is 0.846. The molecule has 14 heavy (non-hydrogen) atoms. The van der Waals surface area contributed by atoms with E-state index in [0.717, 1.165) is 6.54 Å². The Morgan fingerprint density at radius 2 is 1.57 bits per heavy atom. The third-order valence-corrected chi connectivity index (χ3v) is 3.09. The van der Waals surface area contributed by atoms with Crippen LogP contribution in [0.2, 0.25) is 0 Å². The molecular weight excluding hydrogens is 201 g/mol. The first-order valence-corrected chi connectivity index (χ1v) is 6.84. The maximum atomic E-state index is 10.6. The summed E-state index contributed by atoms with van der Waals surface area (Å²) in [7, 11) is -3.81. The van der Waals surface area contributed by atoms with E-state index in [0.29, 0.717) is 18.5 Å². The Labute approximate surface area is 86.5 Å². The third kappa shape index (κ3) is 6.55. The lowest BCUT2D eigenvalue weighted by molar-refractivity contribution is 0.175. The van der Waals surface area contributed by atoms with E-state index in [2.05, 4.69) is 32.6 Å². The standard InChI is InChI=1S/C9H22NO3P/c1-8(2)10(9(3)4)6-5-7-14(11,12)13/h8-9H,5-7H2,1-4H3,(H2,11,12,13). The molecule has 0 heterocycles. The van der Waals surface area contributed by atoms with E-state index < -0.39 is 7.60 Å². The van der Waals surface area contributed by atoms with Crippen LogP contribution in [0.25, 0.3) is 0 Å². The molecule has 0 saturated heterocycles. The second kappa shape index (κ2) is 5.86. The van der Waals surface area contributed by atoms with E-state index in [1.54, 1.807) is 0 Å². The van der Waals surface area contributed by atoms with Gasteiger partial charge in [-0.2, -0.15) is 0 Å². The van der Waals surface area contributed by atoms with Gasteiger partial charge in [-0.15, -0.1) is 0 Å². The van der Waals surface area contributed by atoms with Crippen LogP contribution in [0.15, 0.2) is 0 Å². The van der Waals surface area contributed by atoms with Gasteiger partial charge < -0.3 is 9.79 Å². The van der Waals surface area contributed by atoms with Crippen LogP contribution in [0.3, 0.4) is 0 Å². The third-order valence-electron chi connectivity index (χ3n) is 2.19. The van der Waals surface area contributed by atoms with Gasteiger partial charge in [0.2, 0.25) is 0 Å². The summed E-state index contributed by atoms with van der Waals surface area (Å²) in [5.41, 5.74) is 0. The highest BCUT2D eigenvalue weighted by Gasteiger charge is 2.16. The lowest BCUT2D eigenvalue weighted by atomic mass is 10.2. The van der Waals surface area contributed by atoms with Gasteiger partial charge in [0, 0.05) is 12.1 Å².